The van der Waals surface area contributed by atoms with Gasteiger partial charge in [0.15, 0.2) is 21.5 Å². The molecule has 1 fully saturated rings. The van der Waals surface area contributed by atoms with Gasteiger partial charge in [-0.2, -0.15) is 5.10 Å². The van der Waals surface area contributed by atoms with Gasteiger partial charge in [-0.25, -0.2) is 17.8 Å². The minimum atomic E-state index is -3.47. The lowest BCUT2D eigenvalue weighted by Crippen LogP contribution is -2.22. The first-order chi connectivity index (χ1) is 13.2. The van der Waals surface area contributed by atoms with Gasteiger partial charge in [-0.3, -0.25) is 5.10 Å². The second kappa shape index (κ2) is 8.04. The van der Waals surface area contributed by atoms with E-state index in [1.807, 2.05) is 0 Å². The number of ether oxygens (including phenoxy) is 1. The van der Waals surface area contributed by atoms with E-state index in [4.69, 9.17) is 4.74 Å². The number of hydrogen-bond acceptors (Lipinski definition) is 7. The number of anilines is 3. The summed E-state index contributed by atoms with van der Waals surface area (Å²) in [7, 11) is -3.47. The molecule has 1 aliphatic carbocycles. The average Bonchev–Trinajstić information content (AvgIpc) is 3.28. The van der Waals surface area contributed by atoms with E-state index in [0.717, 1.165) is 6.26 Å². The number of sulfone groups is 1. The molecular formula is C18H26FN5O3S. The highest BCUT2D eigenvalue weighted by atomic mass is 32.2. The summed E-state index contributed by atoms with van der Waals surface area (Å²) in [6, 6.07) is 3.12. The fraction of sp³-hybridized carbons (Fsp3) is 0.556. The van der Waals surface area contributed by atoms with E-state index in [1.165, 1.54) is 12.3 Å². The maximum Gasteiger partial charge on any atom is 0.170 e. The molecule has 154 valence electrons. The standard InChI is InChI=1S/C18H26FN5O3S/c1-12(2)11-27-9-8-20-15-10-13(18(5-6-18)28(3,25)26)16(19)17(23-15)22-14-4-7-21-24-14/h4,7,10,12H,5-6,8-9,11H2,1-3H3,(H3,20,21,22,23,24). The largest absolute Gasteiger partial charge is 0.379 e. The fourth-order valence-corrected chi connectivity index (χ4v) is 4.40. The van der Waals surface area contributed by atoms with Gasteiger partial charge in [0.25, 0.3) is 0 Å². The number of nitrogens with one attached hydrogen (secondary N) is 3. The van der Waals surface area contributed by atoms with Crippen LogP contribution in [0.5, 0.6) is 0 Å². The Morgan fingerprint density at radius 1 is 1.39 bits per heavy atom. The third-order valence-corrected chi connectivity index (χ3v) is 6.67. The van der Waals surface area contributed by atoms with Gasteiger partial charge in [0.05, 0.1) is 12.8 Å². The third-order valence-electron chi connectivity index (χ3n) is 4.62. The predicted octanol–water partition coefficient (Wildman–Crippen LogP) is 2.81. The molecule has 0 atom stereocenters. The Morgan fingerprint density at radius 3 is 2.71 bits per heavy atom. The van der Waals surface area contributed by atoms with Crippen LogP contribution in [0.25, 0.3) is 0 Å². The molecule has 0 radical (unpaired) electrons. The maximum absolute atomic E-state index is 15.2. The number of rotatable bonds is 10. The van der Waals surface area contributed by atoms with Crippen LogP contribution < -0.4 is 10.6 Å². The quantitative estimate of drug-likeness (QED) is 0.516. The predicted molar refractivity (Wildman–Crippen MR) is 106 cm³/mol. The van der Waals surface area contributed by atoms with Crippen LogP contribution in [0.1, 0.15) is 32.3 Å². The molecule has 3 rings (SSSR count). The van der Waals surface area contributed by atoms with Crippen molar-refractivity contribution < 1.29 is 17.5 Å². The van der Waals surface area contributed by atoms with Gasteiger partial charge >= 0.3 is 0 Å². The first-order valence-corrected chi connectivity index (χ1v) is 11.1. The molecule has 2 heterocycles. The van der Waals surface area contributed by atoms with Gasteiger partial charge in [-0.15, -0.1) is 0 Å². The number of halogens is 1. The van der Waals surface area contributed by atoms with Crippen molar-refractivity contribution in [3.8, 4) is 0 Å². The Bertz CT molecular complexity index is 912. The monoisotopic (exact) mass is 411 g/mol. The molecule has 10 heteroatoms. The van der Waals surface area contributed by atoms with Crippen LogP contribution in [0.2, 0.25) is 0 Å². The van der Waals surface area contributed by atoms with Crippen LogP contribution >= 0.6 is 0 Å². The molecule has 0 aromatic carbocycles. The smallest absolute Gasteiger partial charge is 0.170 e. The molecule has 1 aliphatic rings. The summed E-state index contributed by atoms with van der Waals surface area (Å²) >= 11 is 0. The normalized spacial score (nSPS) is 15.6. The molecular weight excluding hydrogens is 385 g/mol. The first-order valence-electron chi connectivity index (χ1n) is 9.21. The number of H-pyrrole nitrogens is 1. The van der Waals surface area contributed by atoms with E-state index in [9.17, 15) is 8.42 Å². The van der Waals surface area contributed by atoms with Crippen molar-refractivity contribution in [1.82, 2.24) is 15.2 Å². The summed E-state index contributed by atoms with van der Waals surface area (Å²) in [6.07, 6.45) is 3.46. The molecule has 2 aromatic rings. The first kappa shape index (κ1) is 20.5. The van der Waals surface area contributed by atoms with E-state index in [0.29, 0.717) is 50.2 Å². The van der Waals surface area contributed by atoms with E-state index in [-0.39, 0.29) is 11.4 Å². The summed E-state index contributed by atoms with van der Waals surface area (Å²) < 4.78 is 44.1. The highest BCUT2D eigenvalue weighted by molar-refractivity contribution is 7.92. The van der Waals surface area contributed by atoms with Crippen molar-refractivity contribution in [2.75, 3.05) is 36.6 Å². The lowest BCUT2D eigenvalue weighted by atomic mass is 10.1. The lowest BCUT2D eigenvalue weighted by molar-refractivity contribution is 0.118. The van der Waals surface area contributed by atoms with Crippen LogP contribution in [0, 0.1) is 11.7 Å². The van der Waals surface area contributed by atoms with Gasteiger partial charge in [0.1, 0.15) is 16.4 Å². The number of aromatic nitrogens is 3. The van der Waals surface area contributed by atoms with Gasteiger partial charge in [-0.1, -0.05) is 13.8 Å². The third kappa shape index (κ3) is 4.44. The summed E-state index contributed by atoms with van der Waals surface area (Å²) in [5, 5.41) is 12.4. The summed E-state index contributed by atoms with van der Waals surface area (Å²) in [4.78, 5) is 4.27. The molecule has 0 saturated heterocycles. The Balaban J connectivity index is 1.86. The van der Waals surface area contributed by atoms with E-state index in [2.05, 4.69) is 39.7 Å². The van der Waals surface area contributed by atoms with Gasteiger partial charge in [-0.05, 0) is 24.8 Å². The zero-order valence-corrected chi connectivity index (χ0v) is 17.1. The van der Waals surface area contributed by atoms with Crippen LogP contribution in [0.3, 0.4) is 0 Å². The van der Waals surface area contributed by atoms with Crippen molar-refractivity contribution in [3.05, 3.63) is 29.7 Å². The highest BCUT2D eigenvalue weighted by Gasteiger charge is 2.55. The second-order valence-corrected chi connectivity index (χ2v) is 9.80. The van der Waals surface area contributed by atoms with Crippen LogP contribution in [0.15, 0.2) is 18.3 Å². The molecule has 8 nitrogen and oxygen atoms in total. The molecule has 0 aliphatic heterocycles. The molecule has 0 bridgehead atoms. The van der Waals surface area contributed by atoms with Gasteiger partial charge in [0.2, 0.25) is 0 Å². The summed E-state index contributed by atoms with van der Waals surface area (Å²) in [5.41, 5.74) is 0.137. The van der Waals surface area contributed by atoms with Crippen molar-refractivity contribution in [3.63, 3.8) is 0 Å². The van der Waals surface area contributed by atoms with Gasteiger partial charge in [0, 0.05) is 31.0 Å². The zero-order valence-electron chi connectivity index (χ0n) is 16.3. The average molecular weight is 412 g/mol. The van der Waals surface area contributed by atoms with Crippen molar-refractivity contribution in [2.24, 2.45) is 5.92 Å². The van der Waals surface area contributed by atoms with E-state index in [1.54, 1.807) is 6.07 Å². The van der Waals surface area contributed by atoms with Gasteiger partial charge < -0.3 is 15.4 Å². The molecule has 28 heavy (non-hydrogen) atoms. The molecule has 0 unspecified atom stereocenters. The van der Waals surface area contributed by atoms with Crippen LogP contribution in [-0.4, -0.2) is 49.6 Å². The molecule has 2 aromatic heterocycles. The van der Waals surface area contributed by atoms with Crippen LogP contribution in [-0.2, 0) is 19.3 Å². The lowest BCUT2D eigenvalue weighted by Gasteiger charge is -2.18. The molecule has 3 N–H and O–H groups in total. The Morgan fingerprint density at radius 2 is 2.14 bits per heavy atom. The Hall–Kier alpha value is -2.20. The Kier molecular flexibility index (Phi) is 5.90. The summed E-state index contributed by atoms with van der Waals surface area (Å²) in [6.45, 7) is 5.71. The van der Waals surface area contributed by atoms with Crippen molar-refractivity contribution >= 4 is 27.3 Å². The van der Waals surface area contributed by atoms with Crippen LogP contribution in [0.4, 0.5) is 21.8 Å². The number of pyridine rings is 1. The topological polar surface area (TPSA) is 109 Å². The fourth-order valence-electron chi connectivity index (χ4n) is 3.01. The molecule has 0 amide bonds. The Labute approximate surface area is 164 Å². The zero-order chi connectivity index (χ0) is 20.4. The minimum absolute atomic E-state index is 0.0535. The number of nitrogens with zero attached hydrogens (tertiary/aromatic N) is 2. The second-order valence-electron chi connectivity index (χ2n) is 7.47. The SMILES string of the molecule is CC(C)COCCNc1cc(C2(S(C)(=O)=O)CC2)c(F)c(Nc2ccn[nH]2)n1. The highest BCUT2D eigenvalue weighted by Crippen LogP contribution is 2.54. The number of hydrogen-bond donors (Lipinski definition) is 3. The molecule has 0 spiro atoms. The maximum atomic E-state index is 15.2. The van der Waals surface area contributed by atoms with Crippen molar-refractivity contribution in [1.29, 1.82) is 0 Å². The van der Waals surface area contributed by atoms with E-state index >= 15 is 4.39 Å². The minimum Gasteiger partial charge on any atom is -0.379 e. The number of aromatic amines is 1. The van der Waals surface area contributed by atoms with E-state index < -0.39 is 20.4 Å². The molecule has 1 saturated carbocycles. The summed E-state index contributed by atoms with van der Waals surface area (Å²) in [5.74, 6) is 0.562. The van der Waals surface area contributed by atoms with Crippen molar-refractivity contribution in [2.45, 2.75) is 31.4 Å².